The van der Waals surface area contributed by atoms with Gasteiger partial charge in [0.1, 0.15) is 5.75 Å². The van der Waals surface area contributed by atoms with Crippen LogP contribution in [0, 0.1) is 6.92 Å². The molecule has 1 N–H and O–H groups in total. The molecule has 1 nitrogen and oxygen atoms in total. The molecule has 0 radical (unpaired) electrons. The van der Waals surface area contributed by atoms with Gasteiger partial charge in [0.25, 0.3) is 0 Å². The normalized spacial score (nSPS) is 12.9. The van der Waals surface area contributed by atoms with Crippen molar-refractivity contribution in [3.63, 3.8) is 0 Å². The summed E-state index contributed by atoms with van der Waals surface area (Å²) >= 11 is 5.98. The minimum absolute atomic E-state index is 0.358. The van der Waals surface area contributed by atoms with Gasteiger partial charge in [-0.25, -0.2) is 0 Å². The molecule has 13 heavy (non-hydrogen) atoms. The van der Waals surface area contributed by atoms with E-state index < -0.39 is 0 Å². The molecule has 72 valence electrons. The average molecular weight is 199 g/mol. The van der Waals surface area contributed by atoms with E-state index in [1.54, 1.807) is 12.1 Å². The Labute approximate surface area is 84.4 Å². The van der Waals surface area contributed by atoms with Gasteiger partial charge in [0, 0.05) is 10.6 Å². The van der Waals surface area contributed by atoms with Gasteiger partial charge in [0.2, 0.25) is 0 Å². The third-order valence-electron chi connectivity index (χ3n) is 2.53. The molecule has 0 heterocycles. The lowest BCUT2D eigenvalue weighted by Gasteiger charge is -2.15. The Kier molecular flexibility index (Phi) is 3.21. The molecule has 0 aromatic heterocycles. The lowest BCUT2D eigenvalue weighted by molar-refractivity contribution is 0.461. The van der Waals surface area contributed by atoms with Crippen molar-refractivity contribution in [2.45, 2.75) is 33.1 Å². The van der Waals surface area contributed by atoms with Crippen LogP contribution in [-0.4, -0.2) is 5.11 Å². The monoisotopic (exact) mass is 198 g/mol. The summed E-state index contributed by atoms with van der Waals surface area (Å²) in [5.74, 6) is 0.718. The minimum Gasteiger partial charge on any atom is -0.508 e. The summed E-state index contributed by atoms with van der Waals surface area (Å²) in [6, 6.07) is 3.40. The first-order chi connectivity index (χ1) is 6.07. The highest BCUT2D eigenvalue weighted by molar-refractivity contribution is 6.31. The Balaban J connectivity index is 3.25. The molecule has 0 bridgehead atoms. The van der Waals surface area contributed by atoms with Crippen molar-refractivity contribution in [3.05, 3.63) is 28.3 Å². The number of phenolic OH excluding ortho intramolecular Hbond substituents is 1. The van der Waals surface area contributed by atoms with E-state index in [9.17, 15) is 5.11 Å². The topological polar surface area (TPSA) is 20.2 Å². The highest BCUT2D eigenvalue weighted by Crippen LogP contribution is 2.34. The summed E-state index contributed by atoms with van der Waals surface area (Å²) in [6.07, 6.45) is 1.01. The maximum Gasteiger partial charge on any atom is 0.119 e. The van der Waals surface area contributed by atoms with Gasteiger partial charge in [-0.3, -0.25) is 0 Å². The molecule has 1 aromatic carbocycles. The van der Waals surface area contributed by atoms with E-state index in [1.165, 1.54) is 0 Å². The Morgan fingerprint density at radius 3 is 2.62 bits per heavy atom. The third-order valence-corrected chi connectivity index (χ3v) is 2.94. The molecule has 1 rings (SSSR count). The van der Waals surface area contributed by atoms with Crippen molar-refractivity contribution in [2.75, 3.05) is 0 Å². The van der Waals surface area contributed by atoms with Gasteiger partial charge in [-0.05, 0) is 37.0 Å². The van der Waals surface area contributed by atoms with Crippen LogP contribution in [0.15, 0.2) is 12.1 Å². The largest absolute Gasteiger partial charge is 0.508 e. The van der Waals surface area contributed by atoms with Crippen LogP contribution in [0.4, 0.5) is 0 Å². The highest BCUT2D eigenvalue weighted by atomic mass is 35.5. The van der Waals surface area contributed by atoms with E-state index in [0.717, 1.165) is 22.6 Å². The molecule has 0 spiro atoms. The smallest absolute Gasteiger partial charge is 0.119 e. The molecular formula is C11H15ClO. The zero-order chi connectivity index (χ0) is 10.0. The van der Waals surface area contributed by atoms with Gasteiger partial charge in [-0.1, -0.05) is 25.4 Å². The molecule has 1 atom stereocenters. The number of benzene rings is 1. The summed E-state index contributed by atoms with van der Waals surface area (Å²) in [5, 5.41) is 10.4. The van der Waals surface area contributed by atoms with Crippen molar-refractivity contribution in [1.29, 1.82) is 0 Å². The molecule has 0 saturated heterocycles. The second kappa shape index (κ2) is 4.01. The number of rotatable bonds is 2. The zero-order valence-corrected chi connectivity index (χ0v) is 9.02. The van der Waals surface area contributed by atoms with Crippen LogP contribution < -0.4 is 0 Å². The fourth-order valence-electron chi connectivity index (χ4n) is 1.51. The molecule has 1 aromatic rings. The first-order valence-electron chi connectivity index (χ1n) is 4.55. The van der Waals surface area contributed by atoms with Crippen molar-refractivity contribution in [1.82, 2.24) is 0 Å². The lowest BCUT2D eigenvalue weighted by Crippen LogP contribution is -1.96. The van der Waals surface area contributed by atoms with Crippen molar-refractivity contribution in [2.24, 2.45) is 0 Å². The summed E-state index contributed by atoms with van der Waals surface area (Å²) < 4.78 is 0. The number of phenols is 1. The van der Waals surface area contributed by atoms with Gasteiger partial charge in [-0.15, -0.1) is 0 Å². The van der Waals surface area contributed by atoms with Crippen LogP contribution >= 0.6 is 11.6 Å². The van der Waals surface area contributed by atoms with Gasteiger partial charge in [-0.2, -0.15) is 0 Å². The van der Waals surface area contributed by atoms with Crippen LogP contribution in [0.2, 0.25) is 5.02 Å². The summed E-state index contributed by atoms with van der Waals surface area (Å²) in [7, 11) is 0. The van der Waals surface area contributed by atoms with Crippen LogP contribution in [0.1, 0.15) is 37.3 Å². The standard InChI is InChI=1S/C11H15ClO/c1-4-7(2)11-8(3)9(12)5-6-10(11)13/h5-7,13H,4H2,1-3H3. The fraction of sp³-hybridized carbons (Fsp3) is 0.455. The van der Waals surface area contributed by atoms with Crippen molar-refractivity contribution in [3.8, 4) is 5.75 Å². The SMILES string of the molecule is CCC(C)c1c(O)ccc(Cl)c1C. The van der Waals surface area contributed by atoms with E-state index in [4.69, 9.17) is 11.6 Å². The predicted molar refractivity (Wildman–Crippen MR) is 56.6 cm³/mol. The van der Waals surface area contributed by atoms with E-state index in [-0.39, 0.29) is 0 Å². The van der Waals surface area contributed by atoms with Crippen LogP contribution in [0.25, 0.3) is 0 Å². The summed E-state index contributed by atoms with van der Waals surface area (Å²) in [6.45, 7) is 6.15. The van der Waals surface area contributed by atoms with Crippen LogP contribution in [0.3, 0.4) is 0 Å². The zero-order valence-electron chi connectivity index (χ0n) is 8.26. The Bertz CT molecular complexity index is 307. The second-order valence-corrected chi connectivity index (χ2v) is 3.82. The van der Waals surface area contributed by atoms with Gasteiger partial charge in [0.05, 0.1) is 0 Å². The van der Waals surface area contributed by atoms with E-state index >= 15 is 0 Å². The molecule has 0 fully saturated rings. The van der Waals surface area contributed by atoms with Crippen molar-refractivity contribution < 1.29 is 5.11 Å². The number of hydrogen-bond acceptors (Lipinski definition) is 1. The molecule has 1 unspecified atom stereocenters. The number of hydrogen-bond donors (Lipinski definition) is 1. The summed E-state index contributed by atoms with van der Waals surface area (Å²) in [4.78, 5) is 0. The average Bonchev–Trinajstić information content (AvgIpc) is 2.12. The third kappa shape index (κ3) is 1.97. The lowest BCUT2D eigenvalue weighted by atomic mass is 9.93. The Hall–Kier alpha value is -0.690. The highest BCUT2D eigenvalue weighted by Gasteiger charge is 2.13. The summed E-state index contributed by atoms with van der Waals surface area (Å²) in [5.41, 5.74) is 1.98. The maximum absolute atomic E-state index is 9.66. The first kappa shape index (κ1) is 10.4. The van der Waals surface area contributed by atoms with Crippen molar-refractivity contribution >= 4 is 11.6 Å². The van der Waals surface area contributed by atoms with E-state index in [0.29, 0.717) is 11.7 Å². The number of halogens is 1. The Morgan fingerprint density at radius 1 is 1.46 bits per heavy atom. The molecule has 0 aliphatic rings. The predicted octanol–water partition coefficient (Wildman–Crippen LogP) is 3.87. The molecule has 0 saturated carbocycles. The molecule has 2 heteroatoms. The fourth-order valence-corrected chi connectivity index (χ4v) is 1.68. The second-order valence-electron chi connectivity index (χ2n) is 3.41. The molecule has 0 aliphatic heterocycles. The van der Waals surface area contributed by atoms with Gasteiger partial charge in [0.15, 0.2) is 0 Å². The molecule has 0 aliphatic carbocycles. The van der Waals surface area contributed by atoms with E-state index in [2.05, 4.69) is 13.8 Å². The molecule has 0 amide bonds. The minimum atomic E-state index is 0.358. The van der Waals surface area contributed by atoms with Crippen LogP contribution in [0.5, 0.6) is 5.75 Å². The van der Waals surface area contributed by atoms with E-state index in [1.807, 2.05) is 6.92 Å². The quantitative estimate of drug-likeness (QED) is 0.765. The van der Waals surface area contributed by atoms with Gasteiger partial charge >= 0.3 is 0 Å². The maximum atomic E-state index is 9.66. The first-order valence-corrected chi connectivity index (χ1v) is 4.93. The van der Waals surface area contributed by atoms with Gasteiger partial charge < -0.3 is 5.11 Å². The molecular weight excluding hydrogens is 184 g/mol. The van der Waals surface area contributed by atoms with Crippen LogP contribution in [-0.2, 0) is 0 Å². The number of aromatic hydroxyl groups is 1. The Morgan fingerprint density at radius 2 is 2.08 bits per heavy atom.